The summed E-state index contributed by atoms with van der Waals surface area (Å²) in [4.78, 5) is 0. The maximum absolute atomic E-state index is 5.97. The Labute approximate surface area is 110 Å². The molecule has 0 bridgehead atoms. The molecule has 2 nitrogen and oxygen atoms in total. The monoisotopic (exact) mass is 290 g/mol. The van der Waals surface area contributed by atoms with Crippen molar-refractivity contribution in [3.63, 3.8) is 0 Å². The number of aryl methyl sites for hydroxylation is 2. The van der Waals surface area contributed by atoms with E-state index in [0.717, 1.165) is 27.1 Å². The highest BCUT2D eigenvalue weighted by Gasteiger charge is 2.03. The van der Waals surface area contributed by atoms with Crippen molar-refractivity contribution in [1.82, 2.24) is 0 Å². The van der Waals surface area contributed by atoms with Crippen LogP contribution in [0.5, 0.6) is 0 Å². The number of hydrogen-bond acceptors (Lipinski definition) is 2. The average molecular weight is 291 g/mol. The fraction of sp³-hybridized carbons (Fsp3) is 0.143. The van der Waals surface area contributed by atoms with E-state index in [1.54, 1.807) is 0 Å². The van der Waals surface area contributed by atoms with Crippen LogP contribution in [0, 0.1) is 13.8 Å². The van der Waals surface area contributed by atoms with Gasteiger partial charge in [0.2, 0.25) is 0 Å². The third-order valence-electron chi connectivity index (χ3n) is 2.60. The SMILES string of the molecule is Cc1ccc(Nc2ccc(C)cc2Br)c(N)c1. The third-order valence-corrected chi connectivity index (χ3v) is 3.26. The zero-order chi connectivity index (χ0) is 12.4. The van der Waals surface area contributed by atoms with Crippen LogP contribution < -0.4 is 11.1 Å². The number of rotatable bonds is 2. The number of nitrogens with two attached hydrogens (primary N) is 1. The van der Waals surface area contributed by atoms with E-state index in [-0.39, 0.29) is 0 Å². The van der Waals surface area contributed by atoms with Crippen LogP contribution in [0.2, 0.25) is 0 Å². The van der Waals surface area contributed by atoms with Gasteiger partial charge < -0.3 is 11.1 Å². The van der Waals surface area contributed by atoms with Gasteiger partial charge in [0.1, 0.15) is 0 Å². The van der Waals surface area contributed by atoms with Crippen LogP contribution >= 0.6 is 15.9 Å². The molecule has 0 radical (unpaired) electrons. The van der Waals surface area contributed by atoms with Gasteiger partial charge in [-0.25, -0.2) is 0 Å². The Balaban J connectivity index is 2.31. The first-order valence-electron chi connectivity index (χ1n) is 5.45. The van der Waals surface area contributed by atoms with Crippen LogP contribution in [0.1, 0.15) is 11.1 Å². The van der Waals surface area contributed by atoms with Crippen molar-refractivity contribution in [2.24, 2.45) is 0 Å². The lowest BCUT2D eigenvalue weighted by Gasteiger charge is -2.12. The molecule has 3 heteroatoms. The summed E-state index contributed by atoms with van der Waals surface area (Å²) in [5.41, 5.74) is 11.1. The summed E-state index contributed by atoms with van der Waals surface area (Å²) in [5, 5.41) is 3.32. The molecule has 0 aromatic heterocycles. The van der Waals surface area contributed by atoms with E-state index in [0.29, 0.717) is 0 Å². The van der Waals surface area contributed by atoms with Gasteiger partial charge in [0.25, 0.3) is 0 Å². The molecule has 17 heavy (non-hydrogen) atoms. The van der Waals surface area contributed by atoms with Crippen molar-refractivity contribution in [2.45, 2.75) is 13.8 Å². The molecule has 2 aromatic rings. The number of anilines is 3. The second kappa shape index (κ2) is 4.80. The minimum Gasteiger partial charge on any atom is -0.397 e. The van der Waals surface area contributed by atoms with Crippen LogP contribution in [0.15, 0.2) is 40.9 Å². The minimum absolute atomic E-state index is 0.762. The lowest BCUT2D eigenvalue weighted by atomic mass is 10.2. The molecule has 0 spiro atoms. The summed E-state index contributed by atoms with van der Waals surface area (Å²) in [6, 6.07) is 12.2. The molecule has 0 saturated heterocycles. The first-order valence-corrected chi connectivity index (χ1v) is 6.25. The number of halogens is 1. The first-order chi connectivity index (χ1) is 8.06. The maximum atomic E-state index is 5.97. The summed E-state index contributed by atoms with van der Waals surface area (Å²) in [7, 11) is 0. The molecule has 88 valence electrons. The van der Waals surface area contributed by atoms with Crippen molar-refractivity contribution in [3.05, 3.63) is 52.0 Å². The molecule has 0 aliphatic carbocycles. The second-order valence-electron chi connectivity index (χ2n) is 4.20. The van der Waals surface area contributed by atoms with Gasteiger partial charge in [0.05, 0.1) is 17.1 Å². The zero-order valence-electron chi connectivity index (χ0n) is 9.92. The van der Waals surface area contributed by atoms with Gasteiger partial charge in [-0.15, -0.1) is 0 Å². The van der Waals surface area contributed by atoms with Gasteiger partial charge in [-0.05, 0) is 65.2 Å². The largest absolute Gasteiger partial charge is 0.397 e. The Kier molecular flexibility index (Phi) is 3.38. The molecule has 0 aliphatic heterocycles. The van der Waals surface area contributed by atoms with Crippen molar-refractivity contribution in [3.8, 4) is 0 Å². The molecule has 0 unspecified atom stereocenters. The molecule has 0 amide bonds. The summed E-state index contributed by atoms with van der Waals surface area (Å²) < 4.78 is 1.04. The van der Waals surface area contributed by atoms with Gasteiger partial charge >= 0.3 is 0 Å². The molecule has 0 fully saturated rings. The van der Waals surface area contributed by atoms with E-state index < -0.39 is 0 Å². The number of benzene rings is 2. The highest BCUT2D eigenvalue weighted by Crippen LogP contribution is 2.29. The zero-order valence-corrected chi connectivity index (χ0v) is 11.5. The molecular weight excluding hydrogens is 276 g/mol. The number of nitrogens with one attached hydrogen (secondary N) is 1. The Bertz CT molecular complexity index is 500. The smallest absolute Gasteiger partial charge is 0.0618 e. The lowest BCUT2D eigenvalue weighted by Crippen LogP contribution is -1.97. The van der Waals surface area contributed by atoms with Crippen LogP contribution in [0.3, 0.4) is 0 Å². The van der Waals surface area contributed by atoms with Crippen molar-refractivity contribution in [1.29, 1.82) is 0 Å². The van der Waals surface area contributed by atoms with Gasteiger partial charge in [0.15, 0.2) is 0 Å². The Morgan fingerprint density at radius 3 is 2.12 bits per heavy atom. The quantitative estimate of drug-likeness (QED) is 0.805. The molecule has 0 aliphatic rings. The lowest BCUT2D eigenvalue weighted by molar-refractivity contribution is 1.42. The summed E-state index contributed by atoms with van der Waals surface area (Å²) in [6.07, 6.45) is 0. The minimum atomic E-state index is 0.762. The normalized spacial score (nSPS) is 10.3. The van der Waals surface area contributed by atoms with Crippen LogP contribution in [-0.2, 0) is 0 Å². The molecule has 0 atom stereocenters. The Morgan fingerprint density at radius 2 is 1.53 bits per heavy atom. The first kappa shape index (κ1) is 12.0. The Hall–Kier alpha value is -1.48. The van der Waals surface area contributed by atoms with Gasteiger partial charge in [0, 0.05) is 4.47 Å². The molecule has 2 rings (SSSR count). The molecule has 2 aromatic carbocycles. The third kappa shape index (κ3) is 2.80. The van der Waals surface area contributed by atoms with Gasteiger partial charge in [-0.1, -0.05) is 12.1 Å². The van der Waals surface area contributed by atoms with Crippen LogP contribution in [-0.4, -0.2) is 0 Å². The fourth-order valence-electron chi connectivity index (χ4n) is 1.66. The predicted octanol–water partition coefficient (Wildman–Crippen LogP) is 4.39. The number of nitrogen functional groups attached to an aromatic ring is 1. The van der Waals surface area contributed by atoms with E-state index >= 15 is 0 Å². The van der Waals surface area contributed by atoms with E-state index in [2.05, 4.69) is 40.3 Å². The van der Waals surface area contributed by atoms with E-state index in [1.165, 1.54) is 5.56 Å². The topological polar surface area (TPSA) is 38.0 Å². The van der Waals surface area contributed by atoms with Gasteiger partial charge in [-0.3, -0.25) is 0 Å². The second-order valence-corrected chi connectivity index (χ2v) is 5.05. The summed E-state index contributed by atoms with van der Waals surface area (Å²) in [6.45, 7) is 4.09. The van der Waals surface area contributed by atoms with Crippen LogP contribution in [0.4, 0.5) is 17.1 Å². The van der Waals surface area contributed by atoms with E-state index in [1.807, 2.05) is 31.2 Å². The summed E-state index contributed by atoms with van der Waals surface area (Å²) in [5.74, 6) is 0. The van der Waals surface area contributed by atoms with Crippen molar-refractivity contribution < 1.29 is 0 Å². The van der Waals surface area contributed by atoms with Gasteiger partial charge in [-0.2, -0.15) is 0 Å². The summed E-state index contributed by atoms with van der Waals surface area (Å²) >= 11 is 3.54. The highest BCUT2D eigenvalue weighted by atomic mass is 79.9. The average Bonchev–Trinajstić information content (AvgIpc) is 2.25. The molecular formula is C14H15BrN2. The molecule has 3 N–H and O–H groups in total. The Morgan fingerprint density at radius 1 is 0.941 bits per heavy atom. The molecule has 0 saturated carbocycles. The highest BCUT2D eigenvalue weighted by molar-refractivity contribution is 9.10. The standard InChI is InChI=1S/C14H15BrN2/c1-9-3-5-13(11(15)7-9)17-14-6-4-10(2)8-12(14)16/h3-8,17H,16H2,1-2H3. The maximum Gasteiger partial charge on any atom is 0.0618 e. The van der Waals surface area contributed by atoms with E-state index in [4.69, 9.17) is 5.73 Å². The van der Waals surface area contributed by atoms with Crippen molar-refractivity contribution >= 4 is 33.0 Å². The van der Waals surface area contributed by atoms with E-state index in [9.17, 15) is 0 Å². The molecule has 0 heterocycles. The van der Waals surface area contributed by atoms with Crippen LogP contribution in [0.25, 0.3) is 0 Å². The predicted molar refractivity (Wildman–Crippen MR) is 77.8 cm³/mol. The fourth-order valence-corrected chi connectivity index (χ4v) is 2.25. The number of hydrogen-bond donors (Lipinski definition) is 2. The van der Waals surface area contributed by atoms with Crippen molar-refractivity contribution in [2.75, 3.05) is 11.1 Å².